The molecular formula is C23H28N4O3. The van der Waals surface area contributed by atoms with Crippen LogP contribution in [0.5, 0.6) is 0 Å². The molecule has 3 aliphatic rings. The van der Waals surface area contributed by atoms with Gasteiger partial charge < -0.3 is 9.88 Å². The summed E-state index contributed by atoms with van der Waals surface area (Å²) in [5, 5.41) is 0. The third-order valence-electron chi connectivity index (χ3n) is 7.15. The Bertz CT molecular complexity index is 942. The molecule has 0 unspecified atom stereocenters. The van der Waals surface area contributed by atoms with Crippen LogP contribution in [0, 0.1) is 11.8 Å². The number of nitrogens with one attached hydrogen (secondary N) is 1. The van der Waals surface area contributed by atoms with Crippen LogP contribution in [-0.4, -0.2) is 56.6 Å². The number of aromatic nitrogens is 2. The van der Waals surface area contributed by atoms with Crippen molar-refractivity contribution in [3.05, 3.63) is 30.1 Å². The fourth-order valence-electron chi connectivity index (χ4n) is 5.51. The Labute approximate surface area is 175 Å². The van der Waals surface area contributed by atoms with E-state index in [9.17, 15) is 14.4 Å². The average molecular weight is 409 g/mol. The fourth-order valence-corrected chi connectivity index (χ4v) is 5.51. The molecule has 0 bridgehead atoms. The Balaban J connectivity index is 1.31. The fraction of sp³-hybridized carbons (Fsp3) is 0.565. The maximum atomic E-state index is 13.3. The molecule has 1 aliphatic carbocycles. The molecule has 7 heteroatoms. The maximum absolute atomic E-state index is 13.3. The summed E-state index contributed by atoms with van der Waals surface area (Å²) < 4.78 is 0. The number of nitrogens with zero attached hydrogens (tertiary/aromatic N) is 3. The maximum Gasteiger partial charge on any atom is 0.245 e. The van der Waals surface area contributed by atoms with Crippen molar-refractivity contribution in [2.75, 3.05) is 13.1 Å². The number of imidazole rings is 1. The van der Waals surface area contributed by atoms with Crippen molar-refractivity contribution < 1.29 is 14.4 Å². The standard InChI is InChI=1S/C23H28N4O3/c1-14(27-22(29)16-8-2-3-9-17(16)23(27)30)21(28)26-12-6-7-15(13-26)20-24-18-10-4-5-11-19(18)25-20/h4-5,10-11,14-17H,2-3,6-9,12-13H2,1H3,(H,24,25)/t14-,15+,16+,17+/m1/s1. The number of fused-ring (bicyclic) bond motifs is 2. The zero-order valence-corrected chi connectivity index (χ0v) is 17.3. The number of carbonyl (C=O) groups excluding carboxylic acids is 3. The quantitative estimate of drug-likeness (QED) is 0.792. The second-order valence-electron chi connectivity index (χ2n) is 8.98. The molecule has 1 aromatic carbocycles. The van der Waals surface area contributed by atoms with Crippen LogP contribution >= 0.6 is 0 Å². The molecule has 1 aromatic heterocycles. The van der Waals surface area contributed by atoms with Gasteiger partial charge in [0, 0.05) is 19.0 Å². The molecule has 0 radical (unpaired) electrons. The van der Waals surface area contributed by atoms with Crippen molar-refractivity contribution in [1.82, 2.24) is 19.8 Å². The molecule has 3 amide bonds. The number of hydrogen-bond acceptors (Lipinski definition) is 4. The highest BCUT2D eigenvalue weighted by Crippen LogP contribution is 2.39. The number of amides is 3. The van der Waals surface area contributed by atoms with Gasteiger partial charge in [0.2, 0.25) is 17.7 Å². The summed E-state index contributed by atoms with van der Waals surface area (Å²) in [6.45, 7) is 2.93. The van der Waals surface area contributed by atoms with E-state index in [1.807, 2.05) is 29.2 Å². The summed E-state index contributed by atoms with van der Waals surface area (Å²) in [7, 11) is 0. The van der Waals surface area contributed by atoms with Gasteiger partial charge in [0.25, 0.3) is 0 Å². The van der Waals surface area contributed by atoms with Gasteiger partial charge in [-0.3, -0.25) is 19.3 Å². The van der Waals surface area contributed by atoms with Crippen LogP contribution in [0.15, 0.2) is 24.3 Å². The number of H-pyrrole nitrogens is 1. The summed E-state index contributed by atoms with van der Waals surface area (Å²) in [6.07, 6.45) is 5.36. The van der Waals surface area contributed by atoms with Crippen LogP contribution in [0.3, 0.4) is 0 Å². The summed E-state index contributed by atoms with van der Waals surface area (Å²) in [4.78, 5) is 50.2. The largest absolute Gasteiger partial charge is 0.342 e. The van der Waals surface area contributed by atoms with Gasteiger partial charge in [0.15, 0.2) is 0 Å². The number of likely N-dealkylation sites (tertiary alicyclic amines) is 2. The lowest BCUT2D eigenvalue weighted by atomic mass is 9.81. The van der Waals surface area contributed by atoms with E-state index >= 15 is 0 Å². The highest BCUT2D eigenvalue weighted by molar-refractivity contribution is 6.08. The van der Waals surface area contributed by atoms with E-state index in [-0.39, 0.29) is 35.5 Å². The van der Waals surface area contributed by atoms with E-state index in [0.29, 0.717) is 13.1 Å². The number of hydrogen-bond donors (Lipinski definition) is 1. The zero-order valence-electron chi connectivity index (χ0n) is 17.3. The molecule has 30 heavy (non-hydrogen) atoms. The van der Waals surface area contributed by atoms with Crippen LogP contribution in [0.4, 0.5) is 0 Å². The second-order valence-corrected chi connectivity index (χ2v) is 8.98. The smallest absolute Gasteiger partial charge is 0.245 e. The van der Waals surface area contributed by atoms with Crippen LogP contribution in [0.25, 0.3) is 11.0 Å². The molecule has 1 N–H and O–H groups in total. The highest BCUT2D eigenvalue weighted by Gasteiger charge is 2.51. The second kappa shape index (κ2) is 7.52. The predicted octanol–water partition coefficient (Wildman–Crippen LogP) is 2.83. The lowest BCUT2D eigenvalue weighted by Gasteiger charge is -2.35. The predicted molar refractivity (Wildman–Crippen MR) is 111 cm³/mol. The summed E-state index contributed by atoms with van der Waals surface area (Å²) in [5.41, 5.74) is 1.93. The number of piperidine rings is 1. The third kappa shape index (κ3) is 3.11. The van der Waals surface area contributed by atoms with Crippen LogP contribution in [-0.2, 0) is 14.4 Å². The number of aromatic amines is 1. The molecule has 5 rings (SSSR count). The van der Waals surface area contributed by atoms with Gasteiger partial charge in [0.1, 0.15) is 11.9 Å². The van der Waals surface area contributed by atoms with Gasteiger partial charge in [-0.05, 0) is 44.7 Å². The van der Waals surface area contributed by atoms with Crippen LogP contribution in [0.1, 0.15) is 57.2 Å². The van der Waals surface area contributed by atoms with E-state index in [0.717, 1.165) is 55.4 Å². The molecule has 0 spiro atoms. The van der Waals surface area contributed by atoms with Crippen LogP contribution in [0.2, 0.25) is 0 Å². The van der Waals surface area contributed by atoms with Crippen LogP contribution < -0.4 is 0 Å². The molecule has 2 aliphatic heterocycles. The summed E-state index contributed by atoms with van der Waals surface area (Å²) >= 11 is 0. The molecule has 7 nitrogen and oxygen atoms in total. The molecule has 2 aromatic rings. The Morgan fingerprint density at radius 2 is 1.77 bits per heavy atom. The molecule has 2 saturated heterocycles. The lowest BCUT2D eigenvalue weighted by Crippen LogP contribution is -2.52. The zero-order chi connectivity index (χ0) is 20.8. The first-order valence-corrected chi connectivity index (χ1v) is 11.1. The van der Waals surface area contributed by atoms with E-state index in [2.05, 4.69) is 4.98 Å². The van der Waals surface area contributed by atoms with Crippen molar-refractivity contribution in [3.8, 4) is 0 Å². The molecule has 4 atom stereocenters. The molecular weight excluding hydrogens is 380 g/mol. The van der Waals surface area contributed by atoms with Gasteiger partial charge in [0.05, 0.1) is 22.9 Å². The van der Waals surface area contributed by atoms with Crippen molar-refractivity contribution in [2.45, 2.75) is 57.4 Å². The Morgan fingerprint density at radius 1 is 1.07 bits per heavy atom. The van der Waals surface area contributed by atoms with E-state index in [1.165, 1.54) is 4.90 Å². The summed E-state index contributed by atoms with van der Waals surface area (Å²) in [6, 6.07) is 7.19. The van der Waals surface area contributed by atoms with Gasteiger partial charge in [-0.25, -0.2) is 4.98 Å². The normalized spacial score (nSPS) is 28.1. The number of para-hydroxylation sites is 2. The Kier molecular flexibility index (Phi) is 4.83. The minimum Gasteiger partial charge on any atom is -0.342 e. The molecule has 3 fully saturated rings. The summed E-state index contributed by atoms with van der Waals surface area (Å²) in [5.74, 6) is 0.191. The van der Waals surface area contributed by atoms with Crippen molar-refractivity contribution in [3.63, 3.8) is 0 Å². The SMILES string of the molecule is C[C@H](C(=O)N1CCC[C@H](c2nc3ccccc3[nH]2)C1)N1C(=O)[C@H]2CCCC[C@@H]2C1=O. The molecule has 158 valence electrons. The van der Waals surface area contributed by atoms with Gasteiger partial charge in [-0.15, -0.1) is 0 Å². The highest BCUT2D eigenvalue weighted by atomic mass is 16.2. The average Bonchev–Trinajstić information content (AvgIpc) is 3.32. The van der Waals surface area contributed by atoms with E-state index in [1.54, 1.807) is 6.92 Å². The van der Waals surface area contributed by atoms with Crippen molar-refractivity contribution >= 4 is 28.8 Å². The molecule has 1 saturated carbocycles. The number of imide groups is 1. The van der Waals surface area contributed by atoms with E-state index < -0.39 is 6.04 Å². The van der Waals surface area contributed by atoms with Crippen molar-refractivity contribution in [2.24, 2.45) is 11.8 Å². The van der Waals surface area contributed by atoms with Gasteiger partial charge in [-0.1, -0.05) is 25.0 Å². The first kappa shape index (κ1) is 19.3. The lowest BCUT2D eigenvalue weighted by molar-refractivity contribution is -0.151. The third-order valence-corrected chi connectivity index (χ3v) is 7.15. The van der Waals surface area contributed by atoms with Gasteiger partial charge in [-0.2, -0.15) is 0 Å². The number of rotatable bonds is 3. The monoisotopic (exact) mass is 408 g/mol. The molecule has 3 heterocycles. The first-order chi connectivity index (χ1) is 14.5. The Hall–Kier alpha value is -2.70. The van der Waals surface area contributed by atoms with Gasteiger partial charge >= 0.3 is 0 Å². The minimum absolute atomic E-state index is 0.129. The Morgan fingerprint density at radius 3 is 2.47 bits per heavy atom. The van der Waals surface area contributed by atoms with E-state index in [4.69, 9.17) is 4.98 Å². The topological polar surface area (TPSA) is 86.4 Å². The first-order valence-electron chi connectivity index (χ1n) is 11.1. The number of carbonyl (C=O) groups is 3. The number of benzene rings is 1. The minimum atomic E-state index is -0.731. The van der Waals surface area contributed by atoms with Crippen molar-refractivity contribution in [1.29, 1.82) is 0 Å².